The quantitative estimate of drug-likeness (QED) is 0.902. The zero-order chi connectivity index (χ0) is 14.0. The van der Waals surface area contributed by atoms with E-state index in [-0.39, 0.29) is 0 Å². The summed E-state index contributed by atoms with van der Waals surface area (Å²) < 4.78 is 27.3. The van der Waals surface area contributed by atoms with Crippen molar-refractivity contribution in [2.24, 2.45) is 0 Å². The van der Waals surface area contributed by atoms with Crippen LogP contribution in [0.3, 0.4) is 0 Å². The predicted octanol–water partition coefficient (Wildman–Crippen LogP) is 2.39. The minimum Gasteiger partial charge on any atom is -0.263 e. The lowest BCUT2D eigenvalue weighted by atomic mass is 10.2. The lowest BCUT2D eigenvalue weighted by Crippen LogP contribution is -2.15. The Kier molecular flexibility index (Phi) is 3.61. The number of aromatic nitrogens is 2. The van der Waals surface area contributed by atoms with Gasteiger partial charge in [-0.2, -0.15) is 5.10 Å². The van der Waals surface area contributed by atoms with Gasteiger partial charge in [0, 0.05) is 5.56 Å². The van der Waals surface area contributed by atoms with Gasteiger partial charge in [-0.15, -0.1) is 0 Å². The monoisotopic (exact) mass is 279 g/mol. The van der Waals surface area contributed by atoms with Crippen molar-refractivity contribution in [2.75, 3.05) is 4.72 Å². The summed E-state index contributed by atoms with van der Waals surface area (Å²) in [4.78, 5) is 0.296. The Balaban J connectivity index is 2.41. The summed E-state index contributed by atoms with van der Waals surface area (Å²) in [6.07, 6.45) is 2.34. The molecule has 2 rings (SSSR count). The van der Waals surface area contributed by atoms with Gasteiger partial charge in [0.15, 0.2) is 0 Å². The highest BCUT2D eigenvalue weighted by Crippen LogP contribution is 2.21. The number of rotatable bonds is 4. The fourth-order valence-corrected chi connectivity index (χ4v) is 3.24. The average Bonchev–Trinajstić information content (AvgIpc) is 2.78. The molecule has 0 spiro atoms. The molecule has 19 heavy (non-hydrogen) atoms. The first kappa shape index (κ1) is 13.6. The number of hydrogen-bond acceptors (Lipinski definition) is 3. The second-order valence-electron chi connectivity index (χ2n) is 4.50. The van der Waals surface area contributed by atoms with Gasteiger partial charge in [0.2, 0.25) is 0 Å². The van der Waals surface area contributed by atoms with E-state index in [9.17, 15) is 8.42 Å². The van der Waals surface area contributed by atoms with Crippen LogP contribution in [0.4, 0.5) is 5.82 Å². The van der Waals surface area contributed by atoms with Crippen molar-refractivity contribution >= 4 is 15.8 Å². The number of benzene rings is 1. The Morgan fingerprint density at radius 1 is 1.32 bits per heavy atom. The van der Waals surface area contributed by atoms with E-state index in [4.69, 9.17) is 0 Å². The maximum Gasteiger partial charge on any atom is 0.263 e. The van der Waals surface area contributed by atoms with E-state index in [0.29, 0.717) is 17.1 Å². The zero-order valence-corrected chi connectivity index (χ0v) is 12.0. The maximum atomic E-state index is 12.4. The first-order chi connectivity index (χ1) is 8.94. The highest BCUT2D eigenvalue weighted by molar-refractivity contribution is 7.92. The Labute approximate surface area is 113 Å². The van der Waals surface area contributed by atoms with E-state index in [1.807, 2.05) is 19.9 Å². The summed E-state index contributed by atoms with van der Waals surface area (Å²) in [7, 11) is -3.59. The van der Waals surface area contributed by atoms with Crippen LogP contribution in [0, 0.1) is 13.8 Å². The topological polar surface area (TPSA) is 74.8 Å². The third kappa shape index (κ3) is 2.78. The van der Waals surface area contributed by atoms with Gasteiger partial charge >= 0.3 is 0 Å². The third-order valence-electron chi connectivity index (χ3n) is 2.97. The Morgan fingerprint density at radius 2 is 2.05 bits per heavy atom. The van der Waals surface area contributed by atoms with Crippen molar-refractivity contribution in [1.29, 1.82) is 0 Å². The van der Waals surface area contributed by atoms with Gasteiger partial charge in [0.05, 0.1) is 11.1 Å². The molecule has 0 radical (unpaired) electrons. The lowest BCUT2D eigenvalue weighted by molar-refractivity contribution is 0.600. The first-order valence-electron chi connectivity index (χ1n) is 6.06. The first-order valence-corrected chi connectivity index (χ1v) is 7.54. The Bertz CT molecular complexity index is 690. The fourth-order valence-electron chi connectivity index (χ4n) is 1.85. The normalized spacial score (nSPS) is 11.5. The number of aryl methyl sites for hydroxylation is 3. The molecule has 6 heteroatoms. The number of aromatic amines is 1. The number of anilines is 1. The molecule has 0 saturated heterocycles. The van der Waals surface area contributed by atoms with Crippen LogP contribution >= 0.6 is 0 Å². The van der Waals surface area contributed by atoms with Gasteiger partial charge in [0.25, 0.3) is 10.0 Å². The molecule has 0 atom stereocenters. The van der Waals surface area contributed by atoms with E-state index in [0.717, 1.165) is 16.7 Å². The van der Waals surface area contributed by atoms with Gasteiger partial charge in [-0.3, -0.25) is 9.82 Å². The van der Waals surface area contributed by atoms with Crippen molar-refractivity contribution in [3.8, 4) is 0 Å². The summed E-state index contributed by atoms with van der Waals surface area (Å²) in [5, 5.41) is 6.54. The maximum absolute atomic E-state index is 12.4. The van der Waals surface area contributed by atoms with E-state index < -0.39 is 10.0 Å². The molecule has 0 aliphatic heterocycles. The SMILES string of the molecule is CCc1cn[nH]c1NS(=O)(=O)c1cc(C)ccc1C. The highest BCUT2D eigenvalue weighted by Gasteiger charge is 2.19. The van der Waals surface area contributed by atoms with Crippen molar-refractivity contribution < 1.29 is 8.42 Å². The van der Waals surface area contributed by atoms with Crippen molar-refractivity contribution in [3.05, 3.63) is 41.1 Å². The second-order valence-corrected chi connectivity index (χ2v) is 6.15. The van der Waals surface area contributed by atoms with Gasteiger partial charge < -0.3 is 0 Å². The largest absolute Gasteiger partial charge is 0.263 e. The van der Waals surface area contributed by atoms with Crippen LogP contribution in [0.5, 0.6) is 0 Å². The average molecular weight is 279 g/mol. The minimum absolute atomic E-state index is 0.296. The standard InChI is InChI=1S/C13H17N3O2S/c1-4-11-8-14-15-13(11)16-19(17,18)12-7-9(2)5-6-10(12)3/h5-8H,4H2,1-3H3,(H2,14,15,16). The van der Waals surface area contributed by atoms with E-state index in [1.165, 1.54) is 0 Å². The molecular formula is C13H17N3O2S. The van der Waals surface area contributed by atoms with Crippen LogP contribution in [0.25, 0.3) is 0 Å². The molecule has 0 bridgehead atoms. The van der Waals surface area contributed by atoms with E-state index in [1.54, 1.807) is 25.3 Å². The van der Waals surface area contributed by atoms with Crippen LogP contribution in [0.2, 0.25) is 0 Å². The smallest absolute Gasteiger partial charge is 0.263 e. The molecule has 0 aliphatic carbocycles. The number of H-pyrrole nitrogens is 1. The Hall–Kier alpha value is -1.82. The summed E-state index contributed by atoms with van der Waals surface area (Å²) in [5.41, 5.74) is 2.47. The highest BCUT2D eigenvalue weighted by atomic mass is 32.2. The molecule has 0 aliphatic rings. The van der Waals surface area contributed by atoms with Crippen molar-refractivity contribution in [2.45, 2.75) is 32.1 Å². The second kappa shape index (κ2) is 5.05. The summed E-state index contributed by atoms with van der Waals surface area (Å²) in [5.74, 6) is 0.434. The van der Waals surface area contributed by atoms with Crippen LogP contribution in [-0.4, -0.2) is 18.6 Å². The molecular weight excluding hydrogens is 262 g/mol. The molecule has 0 saturated carbocycles. The lowest BCUT2D eigenvalue weighted by Gasteiger charge is -2.10. The molecule has 1 aromatic carbocycles. The van der Waals surface area contributed by atoms with Gasteiger partial charge in [-0.05, 0) is 37.5 Å². The summed E-state index contributed by atoms with van der Waals surface area (Å²) in [6, 6.07) is 5.36. The zero-order valence-electron chi connectivity index (χ0n) is 11.2. The third-order valence-corrected chi connectivity index (χ3v) is 4.46. The molecule has 102 valence electrons. The van der Waals surface area contributed by atoms with Gasteiger partial charge in [-0.1, -0.05) is 19.1 Å². The molecule has 1 heterocycles. The molecule has 2 N–H and O–H groups in total. The molecule has 1 aromatic heterocycles. The summed E-state index contributed by atoms with van der Waals surface area (Å²) >= 11 is 0. The minimum atomic E-state index is -3.59. The molecule has 2 aromatic rings. The molecule has 0 unspecified atom stereocenters. The number of sulfonamides is 1. The van der Waals surface area contributed by atoms with Crippen molar-refractivity contribution in [1.82, 2.24) is 10.2 Å². The van der Waals surface area contributed by atoms with Gasteiger partial charge in [-0.25, -0.2) is 8.42 Å². The summed E-state index contributed by atoms with van der Waals surface area (Å²) in [6.45, 7) is 5.59. The Morgan fingerprint density at radius 3 is 2.74 bits per heavy atom. The van der Waals surface area contributed by atoms with E-state index >= 15 is 0 Å². The molecule has 5 nitrogen and oxygen atoms in total. The number of hydrogen-bond donors (Lipinski definition) is 2. The fraction of sp³-hybridized carbons (Fsp3) is 0.308. The van der Waals surface area contributed by atoms with E-state index in [2.05, 4.69) is 14.9 Å². The van der Waals surface area contributed by atoms with Gasteiger partial charge in [0.1, 0.15) is 5.82 Å². The van der Waals surface area contributed by atoms with Crippen LogP contribution in [-0.2, 0) is 16.4 Å². The number of nitrogens with one attached hydrogen (secondary N) is 2. The predicted molar refractivity (Wildman–Crippen MR) is 74.7 cm³/mol. The molecule has 0 fully saturated rings. The van der Waals surface area contributed by atoms with Crippen LogP contribution < -0.4 is 4.72 Å². The van der Waals surface area contributed by atoms with Crippen LogP contribution in [0.15, 0.2) is 29.3 Å². The number of nitrogens with zero attached hydrogens (tertiary/aromatic N) is 1. The van der Waals surface area contributed by atoms with Crippen molar-refractivity contribution in [3.63, 3.8) is 0 Å². The molecule has 0 amide bonds. The van der Waals surface area contributed by atoms with Crippen LogP contribution in [0.1, 0.15) is 23.6 Å².